The van der Waals surface area contributed by atoms with E-state index in [0.717, 1.165) is 35.8 Å². The molecule has 0 bridgehead atoms. The van der Waals surface area contributed by atoms with Crippen LogP contribution in [0.25, 0.3) is 16.9 Å². The number of amides is 1. The van der Waals surface area contributed by atoms with Crippen LogP contribution in [-0.2, 0) is 0 Å². The third-order valence-corrected chi connectivity index (χ3v) is 4.28. The second kappa shape index (κ2) is 5.39. The minimum absolute atomic E-state index is 0.440. The van der Waals surface area contributed by atoms with Crippen LogP contribution in [0.3, 0.4) is 0 Å². The Balaban J connectivity index is 1.90. The number of hydrogen-bond donors (Lipinski definition) is 1. The number of primary amides is 1. The molecule has 0 radical (unpaired) electrons. The fourth-order valence-corrected chi connectivity index (χ4v) is 3.18. The van der Waals surface area contributed by atoms with Gasteiger partial charge in [0, 0.05) is 36.6 Å². The third-order valence-electron chi connectivity index (χ3n) is 4.28. The van der Waals surface area contributed by atoms with Crippen LogP contribution in [0, 0.1) is 0 Å². The molecule has 4 rings (SSSR count). The first-order chi connectivity index (χ1) is 11.3. The van der Waals surface area contributed by atoms with Gasteiger partial charge in [0.1, 0.15) is 0 Å². The summed E-state index contributed by atoms with van der Waals surface area (Å²) in [5, 5.41) is 0. The van der Waals surface area contributed by atoms with E-state index in [0.29, 0.717) is 5.56 Å². The van der Waals surface area contributed by atoms with Crippen molar-refractivity contribution in [2.24, 2.45) is 5.73 Å². The number of aromatic nitrogens is 3. The maximum atomic E-state index is 11.7. The van der Waals surface area contributed by atoms with Gasteiger partial charge in [-0.1, -0.05) is 18.2 Å². The summed E-state index contributed by atoms with van der Waals surface area (Å²) in [7, 11) is 0. The summed E-state index contributed by atoms with van der Waals surface area (Å²) in [6, 6.07) is 7.33. The van der Waals surface area contributed by atoms with Gasteiger partial charge in [0.2, 0.25) is 5.91 Å². The average Bonchev–Trinajstić information content (AvgIpc) is 3.24. The second-order valence-electron chi connectivity index (χ2n) is 5.69. The lowest BCUT2D eigenvalue weighted by Gasteiger charge is -2.16. The number of benzene rings is 1. The lowest BCUT2D eigenvalue weighted by molar-refractivity contribution is 0.100. The van der Waals surface area contributed by atoms with E-state index >= 15 is 0 Å². The molecule has 0 spiro atoms. The van der Waals surface area contributed by atoms with Crippen molar-refractivity contribution in [1.82, 2.24) is 14.4 Å². The van der Waals surface area contributed by atoms with Gasteiger partial charge in [0.05, 0.1) is 11.9 Å². The molecule has 3 heterocycles. The number of imidazole rings is 1. The normalized spacial score (nSPS) is 14.5. The predicted molar refractivity (Wildman–Crippen MR) is 88.4 cm³/mol. The maximum Gasteiger partial charge on any atom is 0.249 e. The van der Waals surface area contributed by atoms with Gasteiger partial charge in [0.15, 0.2) is 11.5 Å². The largest absolute Gasteiger partial charge is 0.366 e. The monoisotopic (exact) mass is 307 g/mol. The summed E-state index contributed by atoms with van der Waals surface area (Å²) in [5.41, 5.74) is 8.44. The number of anilines is 1. The highest BCUT2D eigenvalue weighted by Gasteiger charge is 2.20. The number of carbonyl (C=O) groups is 1. The lowest BCUT2D eigenvalue weighted by Crippen LogP contribution is -2.20. The van der Waals surface area contributed by atoms with E-state index in [1.165, 1.54) is 12.8 Å². The minimum Gasteiger partial charge on any atom is -0.366 e. The number of nitrogens with two attached hydrogens (primary N) is 1. The minimum atomic E-state index is -0.440. The Morgan fingerprint density at radius 3 is 2.70 bits per heavy atom. The van der Waals surface area contributed by atoms with Crippen molar-refractivity contribution in [1.29, 1.82) is 0 Å². The quantitative estimate of drug-likeness (QED) is 0.804. The van der Waals surface area contributed by atoms with Crippen molar-refractivity contribution in [2.45, 2.75) is 12.8 Å². The molecule has 3 aromatic rings. The summed E-state index contributed by atoms with van der Waals surface area (Å²) >= 11 is 0. The standard InChI is InChI=1S/C17H17N5O/c18-15(23)13-6-2-1-5-12(13)14-11-20-17-16(19-7-10-22(14)17)21-8-3-4-9-21/h1-2,5-7,10-11H,3-4,8-9H2,(H2,18,23). The maximum absolute atomic E-state index is 11.7. The fraction of sp³-hybridized carbons (Fsp3) is 0.235. The third kappa shape index (κ3) is 2.23. The first kappa shape index (κ1) is 13.8. The van der Waals surface area contributed by atoms with Crippen LogP contribution in [0.2, 0.25) is 0 Å². The molecule has 0 unspecified atom stereocenters. The first-order valence-corrected chi connectivity index (χ1v) is 7.72. The SMILES string of the molecule is NC(=O)c1ccccc1-c1cnc2c(N3CCCC3)nccn12. The number of hydrogen-bond acceptors (Lipinski definition) is 4. The highest BCUT2D eigenvalue weighted by molar-refractivity contribution is 5.99. The molecule has 116 valence electrons. The molecular formula is C17H17N5O. The van der Waals surface area contributed by atoms with Crippen molar-refractivity contribution in [3.8, 4) is 11.3 Å². The molecule has 6 nitrogen and oxygen atoms in total. The van der Waals surface area contributed by atoms with Gasteiger partial charge < -0.3 is 10.6 Å². The zero-order valence-electron chi connectivity index (χ0n) is 12.6. The molecule has 2 N–H and O–H groups in total. The van der Waals surface area contributed by atoms with Crippen LogP contribution in [0.4, 0.5) is 5.82 Å². The van der Waals surface area contributed by atoms with E-state index in [9.17, 15) is 4.79 Å². The molecule has 1 aliphatic rings. The van der Waals surface area contributed by atoms with Gasteiger partial charge >= 0.3 is 0 Å². The van der Waals surface area contributed by atoms with Gasteiger partial charge in [-0.25, -0.2) is 9.97 Å². The molecule has 1 fully saturated rings. The molecule has 6 heteroatoms. The summed E-state index contributed by atoms with van der Waals surface area (Å²) in [5.74, 6) is 0.456. The molecule has 0 saturated carbocycles. The van der Waals surface area contributed by atoms with Crippen molar-refractivity contribution in [3.63, 3.8) is 0 Å². The average molecular weight is 307 g/mol. The van der Waals surface area contributed by atoms with E-state index in [2.05, 4.69) is 14.9 Å². The Morgan fingerprint density at radius 2 is 1.91 bits per heavy atom. The Morgan fingerprint density at radius 1 is 1.13 bits per heavy atom. The van der Waals surface area contributed by atoms with Gasteiger partial charge in [-0.05, 0) is 18.9 Å². The summed E-state index contributed by atoms with van der Waals surface area (Å²) in [6.45, 7) is 2.01. The molecule has 1 aliphatic heterocycles. The molecule has 2 aromatic heterocycles. The molecule has 1 aromatic carbocycles. The van der Waals surface area contributed by atoms with Crippen LogP contribution in [0.5, 0.6) is 0 Å². The lowest BCUT2D eigenvalue weighted by atomic mass is 10.0. The molecule has 0 aliphatic carbocycles. The Kier molecular flexibility index (Phi) is 3.22. The summed E-state index contributed by atoms with van der Waals surface area (Å²) in [6.07, 6.45) is 7.79. The Bertz CT molecular complexity index is 880. The Hall–Kier alpha value is -2.89. The molecule has 1 saturated heterocycles. The van der Waals surface area contributed by atoms with Gasteiger partial charge in [-0.15, -0.1) is 0 Å². The number of fused-ring (bicyclic) bond motifs is 1. The van der Waals surface area contributed by atoms with Crippen molar-refractivity contribution in [3.05, 3.63) is 48.4 Å². The van der Waals surface area contributed by atoms with E-state index in [4.69, 9.17) is 5.73 Å². The molecular weight excluding hydrogens is 290 g/mol. The highest BCUT2D eigenvalue weighted by Crippen LogP contribution is 2.28. The molecule has 1 amide bonds. The summed E-state index contributed by atoms with van der Waals surface area (Å²) in [4.78, 5) is 23.0. The van der Waals surface area contributed by atoms with Crippen LogP contribution in [-0.4, -0.2) is 33.4 Å². The van der Waals surface area contributed by atoms with Crippen LogP contribution < -0.4 is 10.6 Å². The van der Waals surface area contributed by atoms with Gasteiger partial charge in [-0.3, -0.25) is 9.20 Å². The van der Waals surface area contributed by atoms with Crippen molar-refractivity contribution < 1.29 is 4.79 Å². The van der Waals surface area contributed by atoms with E-state index in [1.807, 2.05) is 28.8 Å². The second-order valence-corrected chi connectivity index (χ2v) is 5.69. The number of rotatable bonds is 3. The van der Waals surface area contributed by atoms with Crippen molar-refractivity contribution >= 4 is 17.4 Å². The zero-order valence-corrected chi connectivity index (χ0v) is 12.6. The number of nitrogens with zero attached hydrogens (tertiary/aromatic N) is 4. The molecule has 0 atom stereocenters. The van der Waals surface area contributed by atoms with Crippen LogP contribution in [0.15, 0.2) is 42.9 Å². The number of carbonyl (C=O) groups excluding carboxylic acids is 1. The smallest absolute Gasteiger partial charge is 0.249 e. The predicted octanol–water partition coefficient (Wildman–Crippen LogP) is 2.10. The van der Waals surface area contributed by atoms with Crippen LogP contribution >= 0.6 is 0 Å². The topological polar surface area (TPSA) is 76.5 Å². The zero-order chi connectivity index (χ0) is 15.8. The van der Waals surface area contributed by atoms with E-state index in [1.54, 1.807) is 18.5 Å². The van der Waals surface area contributed by atoms with Crippen molar-refractivity contribution in [2.75, 3.05) is 18.0 Å². The summed E-state index contributed by atoms with van der Waals surface area (Å²) < 4.78 is 1.97. The van der Waals surface area contributed by atoms with Gasteiger partial charge in [-0.2, -0.15) is 0 Å². The van der Waals surface area contributed by atoms with Crippen LogP contribution in [0.1, 0.15) is 23.2 Å². The highest BCUT2D eigenvalue weighted by atomic mass is 16.1. The van der Waals surface area contributed by atoms with Gasteiger partial charge in [0.25, 0.3) is 0 Å². The fourth-order valence-electron chi connectivity index (χ4n) is 3.18. The van der Waals surface area contributed by atoms with E-state index < -0.39 is 5.91 Å². The molecule has 23 heavy (non-hydrogen) atoms. The van der Waals surface area contributed by atoms with E-state index in [-0.39, 0.29) is 0 Å². The Labute approximate surface area is 133 Å². The first-order valence-electron chi connectivity index (χ1n) is 7.72.